The molecule has 1 aliphatic heterocycles. The first kappa shape index (κ1) is 44.3. The van der Waals surface area contributed by atoms with Gasteiger partial charge in [-0.2, -0.15) is 0 Å². The van der Waals surface area contributed by atoms with Gasteiger partial charge in [-0.3, -0.25) is 10.4 Å². The van der Waals surface area contributed by atoms with E-state index in [1.807, 2.05) is 85.8 Å². The van der Waals surface area contributed by atoms with Gasteiger partial charge in [-0.25, -0.2) is 9.63 Å². The van der Waals surface area contributed by atoms with Gasteiger partial charge in [-0.1, -0.05) is 73.7 Å². The molecule has 1 aliphatic rings. The number of ether oxygens (including phenoxy) is 7. The molecule has 14 nitrogen and oxygen atoms in total. The molecule has 3 N–H and O–H groups in total. The van der Waals surface area contributed by atoms with Crippen molar-refractivity contribution in [2.24, 2.45) is 0 Å². The summed E-state index contributed by atoms with van der Waals surface area (Å²) in [6, 6.07) is 34.1. The highest BCUT2D eigenvalue weighted by atomic mass is 17.1. The maximum Gasteiger partial charge on any atom is 0.415 e. The maximum absolute atomic E-state index is 13.9. The smallest absolute Gasteiger partial charge is 0.415 e. The molecule has 6 rings (SSSR count). The van der Waals surface area contributed by atoms with Crippen molar-refractivity contribution in [1.29, 1.82) is 0 Å². The number of hydrogen-bond donors (Lipinski definition) is 3. The molecule has 1 heterocycles. The zero-order valence-electron chi connectivity index (χ0n) is 34.2. The van der Waals surface area contributed by atoms with Crippen molar-refractivity contribution in [3.05, 3.63) is 131 Å². The van der Waals surface area contributed by atoms with E-state index in [0.29, 0.717) is 44.0 Å². The van der Waals surface area contributed by atoms with E-state index in [0.717, 1.165) is 39.0 Å². The van der Waals surface area contributed by atoms with Crippen molar-refractivity contribution in [2.75, 3.05) is 47.1 Å². The molecule has 4 atom stereocenters. The van der Waals surface area contributed by atoms with Crippen molar-refractivity contribution in [3.63, 3.8) is 0 Å². The number of hydrogen-bond acceptors (Lipinski definition) is 13. The molecule has 14 heteroatoms. The number of aliphatic hydroxyl groups is 1. The van der Waals surface area contributed by atoms with Crippen LogP contribution in [0.5, 0.6) is 23.0 Å². The third-order valence-electron chi connectivity index (χ3n) is 10.3. The fourth-order valence-corrected chi connectivity index (χ4v) is 7.15. The summed E-state index contributed by atoms with van der Waals surface area (Å²) in [5.41, 5.74) is 3.34. The van der Waals surface area contributed by atoms with Crippen LogP contribution in [0.1, 0.15) is 47.9 Å². The van der Waals surface area contributed by atoms with Gasteiger partial charge >= 0.3 is 6.09 Å². The van der Waals surface area contributed by atoms with Gasteiger partial charge in [0.2, 0.25) is 0 Å². The van der Waals surface area contributed by atoms with E-state index in [2.05, 4.69) is 6.07 Å². The molecule has 60 heavy (non-hydrogen) atoms. The summed E-state index contributed by atoms with van der Waals surface area (Å²) in [6.45, 7) is 3.74. The summed E-state index contributed by atoms with van der Waals surface area (Å²) < 4.78 is 42.1. The number of likely N-dealkylation sites (tertiary alicyclic amines) is 1. The molecule has 1 amide bonds. The Balaban J connectivity index is 1.19. The predicted octanol–water partition coefficient (Wildman–Crippen LogP) is 7.69. The molecule has 320 valence electrons. The number of carbonyl (C=O) groups is 1. The van der Waals surface area contributed by atoms with Gasteiger partial charge in [0.15, 0.2) is 0 Å². The lowest BCUT2D eigenvalue weighted by molar-refractivity contribution is -0.497. The van der Waals surface area contributed by atoms with Crippen LogP contribution >= 0.6 is 0 Å². The zero-order chi connectivity index (χ0) is 42.3. The van der Waals surface area contributed by atoms with E-state index in [4.69, 9.17) is 48.4 Å². The van der Waals surface area contributed by atoms with Crippen molar-refractivity contribution in [2.45, 2.75) is 63.8 Å². The minimum atomic E-state index is -0.703. The van der Waals surface area contributed by atoms with Crippen molar-refractivity contribution < 1.29 is 58.3 Å². The molecule has 0 aromatic heterocycles. The third-order valence-corrected chi connectivity index (χ3v) is 10.3. The van der Waals surface area contributed by atoms with E-state index < -0.39 is 24.4 Å². The number of methoxy groups -OCH3 is 2. The van der Waals surface area contributed by atoms with Gasteiger partial charge in [-0.05, 0) is 71.0 Å². The van der Waals surface area contributed by atoms with Gasteiger partial charge in [0, 0.05) is 23.3 Å². The predicted molar refractivity (Wildman–Crippen MR) is 221 cm³/mol. The van der Waals surface area contributed by atoms with Crippen LogP contribution < -0.4 is 18.9 Å². The number of fused-ring (bicyclic) bond motifs is 1. The number of para-hydroxylation sites is 1. The Kier molecular flexibility index (Phi) is 16.5. The number of piperidine rings is 1. The quantitative estimate of drug-likeness (QED) is 0.0489. The van der Waals surface area contributed by atoms with Crippen LogP contribution in [-0.4, -0.2) is 97.3 Å². The topological polar surface area (TPSA) is 158 Å². The van der Waals surface area contributed by atoms with Crippen molar-refractivity contribution >= 4 is 16.9 Å². The Hall–Kier alpha value is -5.29. The Morgan fingerprint density at radius 2 is 1.52 bits per heavy atom. The number of aliphatic hydroxyl groups excluding tert-OH is 1. The van der Waals surface area contributed by atoms with Gasteiger partial charge in [0.1, 0.15) is 23.0 Å². The van der Waals surface area contributed by atoms with Crippen LogP contribution in [-0.2, 0) is 38.9 Å². The monoisotopic (exact) mass is 826 g/mol. The molecule has 0 spiro atoms. The molecule has 0 bridgehead atoms. The Morgan fingerprint density at radius 1 is 0.767 bits per heavy atom. The second kappa shape index (κ2) is 22.4. The SMILES string of the molecule is CCC(O)COC1CN(C(=O)Oc2cccc(CON(O)O)c2)CC(OCc2cc(OC)c3ccccc3c2)C1c1ccc(OCCCOCc2ccccc2OC)cc1. The molecular formula is C46H54N2O12. The second-order valence-corrected chi connectivity index (χ2v) is 14.4. The average Bonchev–Trinajstić information content (AvgIpc) is 3.27. The zero-order valence-corrected chi connectivity index (χ0v) is 34.2. The molecule has 5 aromatic rings. The molecule has 4 unspecified atom stereocenters. The molecule has 1 fully saturated rings. The van der Waals surface area contributed by atoms with Crippen LogP contribution in [0.25, 0.3) is 10.8 Å². The Bertz CT molecular complexity index is 2100. The van der Waals surface area contributed by atoms with Crippen LogP contribution in [0.4, 0.5) is 4.79 Å². The van der Waals surface area contributed by atoms with Crippen LogP contribution in [0.2, 0.25) is 0 Å². The second-order valence-electron chi connectivity index (χ2n) is 14.4. The van der Waals surface area contributed by atoms with Gasteiger partial charge in [-0.15, -0.1) is 0 Å². The first-order chi connectivity index (χ1) is 29.2. The standard InChI is InChI=1S/C46H54N2O12/c1-4-37(49)31-58-44-27-47(46(50)60-39-14-9-11-32(24-39)29-59-48(51)52)26-43(57-28-33-23-35-12-5-7-15-40(35)42(25-33)54-3)45(44)34-17-19-38(20-18-34)56-22-10-21-55-30-36-13-6-8-16-41(36)53-2/h5-9,11-20,23-25,37,43-45,49,51-52H,4,10,21-22,26-31H2,1-3H3. The number of amides is 1. The minimum absolute atomic E-state index is 0.0598. The lowest BCUT2D eigenvalue weighted by Crippen LogP contribution is -2.55. The molecule has 0 aliphatic carbocycles. The lowest BCUT2D eigenvalue weighted by Gasteiger charge is -2.43. The van der Waals surface area contributed by atoms with Gasteiger partial charge in [0.05, 0.1) is 90.7 Å². The average molecular weight is 827 g/mol. The van der Waals surface area contributed by atoms with Crippen molar-refractivity contribution in [1.82, 2.24) is 10.3 Å². The maximum atomic E-state index is 13.9. The summed E-state index contributed by atoms with van der Waals surface area (Å²) in [4.78, 5) is 20.1. The van der Waals surface area contributed by atoms with Gasteiger partial charge in [0.25, 0.3) is 0 Å². The number of nitrogens with zero attached hydrogens (tertiary/aromatic N) is 2. The highest BCUT2D eigenvalue weighted by Crippen LogP contribution is 2.36. The van der Waals surface area contributed by atoms with E-state index in [-0.39, 0.29) is 50.0 Å². The summed E-state index contributed by atoms with van der Waals surface area (Å²) >= 11 is 0. The summed E-state index contributed by atoms with van der Waals surface area (Å²) in [6.07, 6.45) is -1.30. The number of benzene rings is 5. The van der Waals surface area contributed by atoms with Crippen molar-refractivity contribution in [3.8, 4) is 23.0 Å². The fraction of sp³-hybridized carbons (Fsp3) is 0.370. The first-order valence-electron chi connectivity index (χ1n) is 20.0. The molecule has 0 saturated carbocycles. The Labute approximate surface area is 350 Å². The largest absolute Gasteiger partial charge is 0.496 e. The lowest BCUT2D eigenvalue weighted by atomic mass is 9.84. The third kappa shape index (κ3) is 12.4. The first-order valence-corrected chi connectivity index (χ1v) is 20.0. The molecular weight excluding hydrogens is 773 g/mol. The highest BCUT2D eigenvalue weighted by molar-refractivity contribution is 5.89. The molecule has 0 radical (unpaired) electrons. The normalized spacial score (nSPS) is 17.1. The summed E-state index contributed by atoms with van der Waals surface area (Å²) in [5.74, 6) is 2.11. The molecule has 5 aromatic carbocycles. The minimum Gasteiger partial charge on any atom is -0.496 e. The van der Waals surface area contributed by atoms with Gasteiger partial charge < -0.3 is 43.2 Å². The molecule has 1 saturated heterocycles. The van der Waals surface area contributed by atoms with Crippen LogP contribution in [0, 0.1) is 0 Å². The van der Waals surface area contributed by atoms with E-state index >= 15 is 0 Å². The Morgan fingerprint density at radius 3 is 2.28 bits per heavy atom. The summed E-state index contributed by atoms with van der Waals surface area (Å²) in [5, 5.41) is 30.1. The number of carbonyl (C=O) groups excluding carboxylic acids is 1. The van der Waals surface area contributed by atoms with E-state index in [9.17, 15) is 9.90 Å². The summed E-state index contributed by atoms with van der Waals surface area (Å²) in [7, 11) is 3.29. The number of rotatable bonds is 21. The van der Waals surface area contributed by atoms with E-state index in [1.54, 1.807) is 43.4 Å². The highest BCUT2D eigenvalue weighted by Gasteiger charge is 2.42. The van der Waals surface area contributed by atoms with E-state index in [1.165, 1.54) is 0 Å². The fourth-order valence-electron chi connectivity index (χ4n) is 7.15. The van der Waals surface area contributed by atoms with Crippen LogP contribution in [0.15, 0.2) is 109 Å². The van der Waals surface area contributed by atoms with Crippen LogP contribution in [0.3, 0.4) is 0 Å².